The number of hydrogen-bond acceptors (Lipinski definition) is 3. The molecule has 118 valence electrons. The Morgan fingerprint density at radius 2 is 1.91 bits per heavy atom. The molecule has 1 N–H and O–H groups in total. The van der Waals surface area contributed by atoms with E-state index in [1.807, 2.05) is 30.1 Å². The van der Waals surface area contributed by atoms with Gasteiger partial charge in [0.2, 0.25) is 5.91 Å². The first kappa shape index (κ1) is 15.6. The van der Waals surface area contributed by atoms with E-state index in [9.17, 15) is 4.79 Å². The standard InChI is InChI=1S/C18H18ClN3O/c1-13(11-18(23)20-16-9-7-15(19)8-10-16)21-22-12-17(22)14-5-3-2-4-6-14/h2-10,17H,11-12H2,1H3,(H,20,23)/b21-13-. The highest BCUT2D eigenvalue weighted by Gasteiger charge is 2.34. The summed E-state index contributed by atoms with van der Waals surface area (Å²) < 4.78 is 0. The number of hydrazone groups is 1. The van der Waals surface area contributed by atoms with Gasteiger partial charge >= 0.3 is 0 Å². The minimum Gasteiger partial charge on any atom is -0.326 e. The molecule has 1 atom stereocenters. The normalized spacial score (nSPS) is 17.0. The molecule has 1 unspecified atom stereocenters. The highest BCUT2D eigenvalue weighted by molar-refractivity contribution is 6.30. The van der Waals surface area contributed by atoms with E-state index in [2.05, 4.69) is 22.6 Å². The third-order valence-electron chi connectivity index (χ3n) is 3.61. The highest BCUT2D eigenvalue weighted by atomic mass is 35.5. The number of nitrogens with zero attached hydrogens (tertiary/aromatic N) is 2. The van der Waals surface area contributed by atoms with Gasteiger partial charge in [-0.25, -0.2) is 0 Å². The number of anilines is 1. The molecule has 0 spiro atoms. The number of benzene rings is 2. The molecule has 1 aliphatic rings. The van der Waals surface area contributed by atoms with Gasteiger partial charge in [0.25, 0.3) is 0 Å². The Morgan fingerprint density at radius 3 is 2.61 bits per heavy atom. The lowest BCUT2D eigenvalue weighted by Crippen LogP contribution is -2.15. The number of hydrogen-bond donors (Lipinski definition) is 1. The molecular weight excluding hydrogens is 310 g/mol. The lowest BCUT2D eigenvalue weighted by molar-refractivity contribution is -0.115. The summed E-state index contributed by atoms with van der Waals surface area (Å²) >= 11 is 5.82. The van der Waals surface area contributed by atoms with Crippen molar-refractivity contribution in [2.24, 2.45) is 5.10 Å². The molecule has 23 heavy (non-hydrogen) atoms. The van der Waals surface area contributed by atoms with E-state index < -0.39 is 0 Å². The topological polar surface area (TPSA) is 44.5 Å². The predicted molar refractivity (Wildman–Crippen MR) is 93.7 cm³/mol. The zero-order valence-electron chi connectivity index (χ0n) is 12.9. The van der Waals surface area contributed by atoms with Crippen molar-refractivity contribution < 1.29 is 4.79 Å². The van der Waals surface area contributed by atoms with Crippen molar-refractivity contribution in [1.82, 2.24) is 5.01 Å². The van der Waals surface area contributed by atoms with Crippen LogP contribution in [0.1, 0.15) is 24.9 Å². The van der Waals surface area contributed by atoms with Crippen LogP contribution in [0.25, 0.3) is 0 Å². The number of amides is 1. The fourth-order valence-corrected chi connectivity index (χ4v) is 2.54. The fraction of sp³-hybridized carbons (Fsp3) is 0.222. The minimum atomic E-state index is -0.0771. The fourth-order valence-electron chi connectivity index (χ4n) is 2.42. The Balaban J connectivity index is 1.52. The first-order valence-electron chi connectivity index (χ1n) is 7.53. The van der Waals surface area contributed by atoms with Gasteiger partial charge in [-0.15, -0.1) is 0 Å². The highest BCUT2D eigenvalue weighted by Crippen LogP contribution is 2.34. The quantitative estimate of drug-likeness (QED) is 0.663. The maximum atomic E-state index is 12.0. The molecule has 1 heterocycles. The number of nitrogens with one attached hydrogen (secondary N) is 1. The first-order valence-corrected chi connectivity index (χ1v) is 7.91. The van der Waals surface area contributed by atoms with Crippen LogP contribution in [-0.2, 0) is 4.79 Å². The van der Waals surface area contributed by atoms with Gasteiger partial charge in [-0.1, -0.05) is 41.9 Å². The molecule has 0 radical (unpaired) electrons. The van der Waals surface area contributed by atoms with Gasteiger partial charge in [0.05, 0.1) is 19.0 Å². The van der Waals surface area contributed by atoms with Crippen LogP contribution in [-0.4, -0.2) is 23.2 Å². The van der Waals surface area contributed by atoms with Crippen LogP contribution in [0.2, 0.25) is 5.02 Å². The van der Waals surface area contributed by atoms with Crippen LogP contribution in [0.15, 0.2) is 59.7 Å². The van der Waals surface area contributed by atoms with Crippen LogP contribution in [0.5, 0.6) is 0 Å². The predicted octanol–water partition coefficient (Wildman–Crippen LogP) is 4.10. The maximum absolute atomic E-state index is 12.0. The average Bonchev–Trinajstić information content (AvgIpc) is 3.29. The van der Waals surface area contributed by atoms with Crippen LogP contribution in [0.4, 0.5) is 5.69 Å². The van der Waals surface area contributed by atoms with Gasteiger partial charge in [0.1, 0.15) is 0 Å². The molecular formula is C18H18ClN3O. The summed E-state index contributed by atoms with van der Waals surface area (Å²) in [6.07, 6.45) is 0.278. The molecule has 1 fully saturated rings. The zero-order chi connectivity index (χ0) is 16.2. The van der Waals surface area contributed by atoms with Crippen molar-refractivity contribution in [1.29, 1.82) is 0 Å². The Kier molecular flexibility index (Phi) is 4.63. The van der Waals surface area contributed by atoms with Crippen molar-refractivity contribution in [3.63, 3.8) is 0 Å². The van der Waals surface area contributed by atoms with Crippen molar-refractivity contribution in [3.05, 3.63) is 65.2 Å². The summed E-state index contributed by atoms with van der Waals surface area (Å²) in [7, 11) is 0. The lowest BCUT2D eigenvalue weighted by atomic mass is 10.2. The van der Waals surface area contributed by atoms with Gasteiger partial charge < -0.3 is 5.32 Å². The molecule has 3 rings (SSSR count). The minimum absolute atomic E-state index is 0.0771. The molecule has 0 bridgehead atoms. The molecule has 2 aromatic rings. The SMILES string of the molecule is C/C(CC(=O)Nc1ccc(Cl)cc1)=N/N1CC1c1ccccc1. The Hall–Kier alpha value is -2.33. The molecule has 0 aliphatic carbocycles. The van der Waals surface area contributed by atoms with Crippen LogP contribution < -0.4 is 5.32 Å². The van der Waals surface area contributed by atoms with E-state index in [0.717, 1.165) is 17.9 Å². The van der Waals surface area contributed by atoms with E-state index in [-0.39, 0.29) is 12.3 Å². The molecule has 0 aromatic heterocycles. The van der Waals surface area contributed by atoms with E-state index in [4.69, 9.17) is 11.6 Å². The second kappa shape index (κ2) is 6.84. The van der Waals surface area contributed by atoms with Gasteiger partial charge in [-0.2, -0.15) is 5.10 Å². The third kappa shape index (κ3) is 4.33. The molecule has 1 amide bonds. The van der Waals surface area contributed by atoms with Crippen molar-refractivity contribution in [2.75, 3.05) is 11.9 Å². The largest absolute Gasteiger partial charge is 0.326 e. The molecule has 2 aromatic carbocycles. The summed E-state index contributed by atoms with van der Waals surface area (Å²) in [5.41, 5.74) is 2.80. The average molecular weight is 328 g/mol. The molecule has 0 saturated carbocycles. The van der Waals surface area contributed by atoms with E-state index >= 15 is 0 Å². The van der Waals surface area contributed by atoms with Crippen LogP contribution in [0, 0.1) is 0 Å². The summed E-state index contributed by atoms with van der Waals surface area (Å²) in [5.74, 6) is -0.0771. The second-order valence-electron chi connectivity index (χ2n) is 5.62. The number of carbonyl (C=O) groups is 1. The zero-order valence-corrected chi connectivity index (χ0v) is 13.6. The monoisotopic (exact) mass is 327 g/mol. The Labute approximate surface area is 140 Å². The van der Waals surface area contributed by atoms with Crippen molar-refractivity contribution in [2.45, 2.75) is 19.4 Å². The first-order chi connectivity index (χ1) is 11.1. The van der Waals surface area contributed by atoms with Crippen LogP contribution in [0.3, 0.4) is 0 Å². The van der Waals surface area contributed by atoms with E-state index in [0.29, 0.717) is 11.1 Å². The maximum Gasteiger partial charge on any atom is 0.230 e. The van der Waals surface area contributed by atoms with E-state index in [1.165, 1.54) is 5.56 Å². The molecule has 1 saturated heterocycles. The van der Waals surface area contributed by atoms with Crippen molar-refractivity contribution >= 4 is 28.9 Å². The Bertz CT molecular complexity index is 713. The van der Waals surface area contributed by atoms with Gasteiger partial charge in [-0.05, 0) is 36.8 Å². The van der Waals surface area contributed by atoms with E-state index in [1.54, 1.807) is 24.3 Å². The van der Waals surface area contributed by atoms with Crippen LogP contribution >= 0.6 is 11.6 Å². The van der Waals surface area contributed by atoms with Gasteiger partial charge in [0, 0.05) is 16.4 Å². The molecule has 5 heteroatoms. The number of rotatable bonds is 5. The van der Waals surface area contributed by atoms with Gasteiger partial charge in [-0.3, -0.25) is 9.80 Å². The number of carbonyl (C=O) groups excluding carboxylic acids is 1. The Morgan fingerprint density at radius 1 is 1.22 bits per heavy atom. The summed E-state index contributed by atoms with van der Waals surface area (Å²) in [6, 6.07) is 17.7. The summed E-state index contributed by atoms with van der Waals surface area (Å²) in [5, 5.41) is 10.00. The summed E-state index contributed by atoms with van der Waals surface area (Å²) in [4.78, 5) is 12.0. The summed E-state index contributed by atoms with van der Waals surface area (Å²) in [6.45, 7) is 2.78. The molecule has 1 aliphatic heterocycles. The smallest absolute Gasteiger partial charge is 0.230 e. The lowest BCUT2D eigenvalue weighted by Gasteiger charge is -2.06. The van der Waals surface area contributed by atoms with Crippen molar-refractivity contribution in [3.8, 4) is 0 Å². The number of halogens is 1. The second-order valence-corrected chi connectivity index (χ2v) is 6.05. The van der Waals surface area contributed by atoms with Gasteiger partial charge in [0.15, 0.2) is 0 Å². The molecule has 4 nitrogen and oxygen atoms in total. The third-order valence-corrected chi connectivity index (χ3v) is 3.87.